The third-order valence-electron chi connectivity index (χ3n) is 5.35. The summed E-state index contributed by atoms with van der Waals surface area (Å²) in [4.78, 5) is 21.3. The van der Waals surface area contributed by atoms with Crippen LogP contribution in [0.1, 0.15) is 52.9 Å². The minimum Gasteiger partial charge on any atom is -0.357 e. The van der Waals surface area contributed by atoms with Crippen molar-refractivity contribution < 1.29 is 4.79 Å². The maximum absolute atomic E-state index is 12.1. The Labute approximate surface area is 176 Å². The summed E-state index contributed by atoms with van der Waals surface area (Å²) in [5, 5.41) is 6.85. The van der Waals surface area contributed by atoms with Crippen LogP contribution in [0.4, 0.5) is 0 Å². The zero-order chi connectivity index (χ0) is 18.2. The van der Waals surface area contributed by atoms with Crippen molar-refractivity contribution in [3.63, 3.8) is 0 Å². The van der Waals surface area contributed by atoms with Gasteiger partial charge in [-0.05, 0) is 33.2 Å². The molecule has 0 bridgehead atoms. The van der Waals surface area contributed by atoms with Crippen molar-refractivity contribution in [3.05, 3.63) is 0 Å². The molecule has 1 atom stereocenters. The first-order chi connectivity index (χ1) is 12.0. The molecule has 1 aliphatic heterocycles. The number of carbonyl (C=O) groups is 1. The molecule has 0 radical (unpaired) electrons. The minimum absolute atomic E-state index is 0. The third kappa shape index (κ3) is 7.21. The Morgan fingerprint density at radius 1 is 1.27 bits per heavy atom. The third-order valence-corrected chi connectivity index (χ3v) is 5.35. The lowest BCUT2D eigenvalue weighted by Crippen LogP contribution is -2.45. The van der Waals surface area contributed by atoms with Crippen LogP contribution >= 0.6 is 24.0 Å². The molecule has 1 aliphatic carbocycles. The fourth-order valence-corrected chi connectivity index (χ4v) is 3.80. The van der Waals surface area contributed by atoms with Gasteiger partial charge in [-0.2, -0.15) is 0 Å². The summed E-state index contributed by atoms with van der Waals surface area (Å²) in [7, 11) is 2.22. The summed E-state index contributed by atoms with van der Waals surface area (Å²) in [5.74, 6) is 1.21. The molecule has 0 spiro atoms. The topological polar surface area (TPSA) is 60.0 Å². The number of likely N-dealkylation sites (N-methyl/N-ethyl adjacent to an activating group) is 1. The largest absolute Gasteiger partial charge is 0.357 e. The monoisotopic (exact) mass is 479 g/mol. The van der Waals surface area contributed by atoms with E-state index in [1.54, 1.807) is 0 Å². The van der Waals surface area contributed by atoms with Gasteiger partial charge in [0, 0.05) is 44.2 Å². The number of rotatable bonds is 7. The molecule has 0 aromatic carbocycles. The quantitative estimate of drug-likeness (QED) is 0.334. The molecule has 2 N–H and O–H groups in total. The highest BCUT2D eigenvalue weighted by Gasteiger charge is 2.28. The van der Waals surface area contributed by atoms with Gasteiger partial charge >= 0.3 is 0 Å². The molecule has 152 valence electrons. The number of nitrogens with one attached hydrogen (secondary N) is 2. The average molecular weight is 479 g/mol. The van der Waals surface area contributed by atoms with Gasteiger partial charge in [0.15, 0.2) is 5.96 Å². The van der Waals surface area contributed by atoms with Crippen molar-refractivity contribution in [1.29, 1.82) is 0 Å². The van der Waals surface area contributed by atoms with Gasteiger partial charge in [0.05, 0.1) is 6.54 Å². The highest BCUT2D eigenvalue weighted by molar-refractivity contribution is 14.0. The van der Waals surface area contributed by atoms with E-state index in [0.717, 1.165) is 51.1 Å². The molecule has 6 nitrogen and oxygen atoms in total. The number of hydrogen-bond acceptors (Lipinski definition) is 3. The average Bonchev–Trinajstić information content (AvgIpc) is 3.26. The molecule has 2 fully saturated rings. The van der Waals surface area contributed by atoms with Crippen molar-refractivity contribution in [2.45, 2.75) is 65.0 Å². The molecular formula is C19H38IN5O. The van der Waals surface area contributed by atoms with Crippen LogP contribution in [0.5, 0.6) is 0 Å². The standard InChI is InChI=1S/C19H37N5O.HI/c1-5-20-19(21-11-13-23(4)17-8-6-7-9-17)22-16-10-12-24(14-16)18(25)15(2)3;/h15-17H,5-14H2,1-4H3,(H2,20,21,22);1H. The zero-order valence-electron chi connectivity index (χ0n) is 17.0. The van der Waals surface area contributed by atoms with Crippen LogP contribution in [0.2, 0.25) is 0 Å². The summed E-state index contributed by atoms with van der Waals surface area (Å²) in [5.41, 5.74) is 0. The highest BCUT2D eigenvalue weighted by Crippen LogP contribution is 2.21. The number of carbonyl (C=O) groups excluding carboxylic acids is 1. The van der Waals surface area contributed by atoms with Gasteiger partial charge in [0.1, 0.15) is 0 Å². The molecule has 0 aromatic heterocycles. The molecule has 0 aromatic rings. The van der Waals surface area contributed by atoms with Gasteiger partial charge in [0.25, 0.3) is 0 Å². The van der Waals surface area contributed by atoms with Crippen molar-refractivity contribution in [2.24, 2.45) is 10.9 Å². The molecule has 1 unspecified atom stereocenters. The minimum atomic E-state index is 0. The fourth-order valence-electron chi connectivity index (χ4n) is 3.80. The van der Waals surface area contributed by atoms with Gasteiger partial charge < -0.3 is 20.4 Å². The van der Waals surface area contributed by atoms with Crippen LogP contribution < -0.4 is 10.6 Å². The van der Waals surface area contributed by atoms with E-state index in [4.69, 9.17) is 4.99 Å². The fraction of sp³-hybridized carbons (Fsp3) is 0.895. The first-order valence-electron chi connectivity index (χ1n) is 10.0. The molecule has 26 heavy (non-hydrogen) atoms. The van der Waals surface area contributed by atoms with Gasteiger partial charge in [-0.15, -0.1) is 24.0 Å². The predicted molar refractivity (Wildman–Crippen MR) is 119 cm³/mol. The van der Waals surface area contributed by atoms with Crippen molar-refractivity contribution in [2.75, 3.05) is 39.8 Å². The van der Waals surface area contributed by atoms with E-state index in [2.05, 4.69) is 29.5 Å². The Hall–Kier alpha value is -0.570. The summed E-state index contributed by atoms with van der Waals surface area (Å²) >= 11 is 0. The normalized spacial score (nSPS) is 21.4. The van der Waals surface area contributed by atoms with Gasteiger partial charge in [-0.3, -0.25) is 9.79 Å². The van der Waals surface area contributed by atoms with Gasteiger partial charge in [-0.25, -0.2) is 0 Å². The van der Waals surface area contributed by atoms with Gasteiger partial charge in [0.2, 0.25) is 5.91 Å². The van der Waals surface area contributed by atoms with Crippen LogP contribution in [0.15, 0.2) is 4.99 Å². The van der Waals surface area contributed by atoms with E-state index in [-0.39, 0.29) is 35.8 Å². The van der Waals surface area contributed by atoms with E-state index in [1.165, 1.54) is 25.7 Å². The maximum Gasteiger partial charge on any atom is 0.225 e. The second-order valence-electron chi connectivity index (χ2n) is 7.75. The molecule has 1 heterocycles. The lowest BCUT2D eigenvalue weighted by atomic mass is 10.2. The van der Waals surface area contributed by atoms with Crippen LogP contribution in [0.25, 0.3) is 0 Å². The lowest BCUT2D eigenvalue weighted by molar-refractivity contribution is -0.133. The molecule has 7 heteroatoms. The number of amides is 1. The second-order valence-corrected chi connectivity index (χ2v) is 7.75. The number of nitrogens with zero attached hydrogens (tertiary/aromatic N) is 3. The van der Waals surface area contributed by atoms with Crippen molar-refractivity contribution in [3.8, 4) is 0 Å². The molecule has 1 saturated carbocycles. The van der Waals surface area contributed by atoms with E-state index in [9.17, 15) is 4.79 Å². The first-order valence-corrected chi connectivity index (χ1v) is 10.0. The maximum atomic E-state index is 12.1. The number of aliphatic imine (C=N–C) groups is 1. The summed E-state index contributed by atoms with van der Waals surface area (Å²) in [6, 6.07) is 1.05. The Balaban J connectivity index is 0.00000338. The molecular weight excluding hydrogens is 441 g/mol. The van der Waals surface area contributed by atoms with Gasteiger partial charge in [-0.1, -0.05) is 26.7 Å². The van der Waals surface area contributed by atoms with E-state index < -0.39 is 0 Å². The molecule has 2 rings (SSSR count). The highest BCUT2D eigenvalue weighted by atomic mass is 127. The van der Waals surface area contributed by atoms with Crippen LogP contribution in [-0.4, -0.2) is 73.5 Å². The number of likely N-dealkylation sites (tertiary alicyclic amines) is 1. The number of hydrogen-bond donors (Lipinski definition) is 2. The van der Waals surface area contributed by atoms with Crippen LogP contribution in [-0.2, 0) is 4.79 Å². The van der Waals surface area contributed by atoms with E-state index in [0.29, 0.717) is 6.04 Å². The Kier molecular flexibility index (Phi) is 10.8. The molecule has 1 saturated heterocycles. The van der Waals surface area contributed by atoms with Crippen LogP contribution in [0.3, 0.4) is 0 Å². The number of halogens is 1. The van der Waals surface area contributed by atoms with Crippen molar-refractivity contribution in [1.82, 2.24) is 20.4 Å². The molecule has 2 aliphatic rings. The predicted octanol–water partition coefficient (Wildman–Crippen LogP) is 2.29. The number of guanidine groups is 1. The zero-order valence-corrected chi connectivity index (χ0v) is 19.3. The van der Waals surface area contributed by atoms with Crippen LogP contribution in [0, 0.1) is 5.92 Å². The van der Waals surface area contributed by atoms with E-state index >= 15 is 0 Å². The SMILES string of the molecule is CCNC(=NCCN(C)C1CCCC1)NC1CCN(C(=O)C(C)C)C1.I. The molecule has 1 amide bonds. The Morgan fingerprint density at radius 3 is 2.58 bits per heavy atom. The first kappa shape index (κ1) is 23.5. The summed E-state index contributed by atoms with van der Waals surface area (Å²) in [6.07, 6.45) is 6.40. The second kappa shape index (κ2) is 12.0. The Bertz CT molecular complexity index is 451. The summed E-state index contributed by atoms with van der Waals surface area (Å²) in [6.45, 7) is 10.3. The van der Waals surface area contributed by atoms with Crippen molar-refractivity contribution >= 4 is 35.8 Å². The summed E-state index contributed by atoms with van der Waals surface area (Å²) < 4.78 is 0. The van der Waals surface area contributed by atoms with E-state index in [1.807, 2.05) is 18.7 Å². The Morgan fingerprint density at radius 2 is 1.96 bits per heavy atom. The lowest BCUT2D eigenvalue weighted by Gasteiger charge is -2.23. The smallest absolute Gasteiger partial charge is 0.225 e.